The van der Waals surface area contributed by atoms with Gasteiger partial charge in [-0.15, -0.1) is 5.10 Å². The largest absolute Gasteiger partial charge is 0.320 e. The Kier molecular flexibility index (Phi) is 4.05. The van der Waals surface area contributed by atoms with Crippen LogP contribution in [-0.4, -0.2) is 31.8 Å². The van der Waals surface area contributed by atoms with Crippen LogP contribution in [0.3, 0.4) is 0 Å². The van der Waals surface area contributed by atoms with Crippen LogP contribution >= 0.6 is 11.8 Å². The lowest BCUT2D eigenvalue weighted by molar-refractivity contribution is -0.383. The molecule has 1 aliphatic rings. The van der Waals surface area contributed by atoms with Gasteiger partial charge in [-0.25, -0.2) is 4.98 Å². The zero-order valence-electron chi connectivity index (χ0n) is 11.5. The Morgan fingerprint density at radius 2 is 2.23 bits per heavy atom. The zero-order valence-corrected chi connectivity index (χ0v) is 12.3. The van der Waals surface area contributed by atoms with Crippen molar-refractivity contribution in [2.45, 2.75) is 23.9 Å². The summed E-state index contributed by atoms with van der Waals surface area (Å²) in [5.41, 5.74) is 0.0570. The summed E-state index contributed by atoms with van der Waals surface area (Å²) >= 11 is 1.19. The second-order valence-corrected chi connectivity index (χ2v) is 5.83. The van der Waals surface area contributed by atoms with E-state index in [1.165, 1.54) is 23.9 Å². The van der Waals surface area contributed by atoms with Gasteiger partial charge in [-0.3, -0.25) is 20.0 Å². The maximum atomic E-state index is 11.9. The van der Waals surface area contributed by atoms with Gasteiger partial charge in [0.25, 0.3) is 5.69 Å². The highest BCUT2D eigenvalue weighted by atomic mass is 32.2. The Morgan fingerprint density at radius 3 is 2.95 bits per heavy atom. The van der Waals surface area contributed by atoms with Crippen molar-refractivity contribution in [2.24, 2.45) is 0 Å². The number of carbonyl (C=O) groups excluding carboxylic acids is 1. The standard InChI is InChI=1S/C13H13N5O3S/c19-11(14-9-3-1-2-4-10(9)18(20)21)7-22-13-15-12(16-17-13)8-5-6-8/h1-4,8H,5-7H2,(H,14,19)(H,15,16,17). The Hall–Kier alpha value is -2.42. The van der Waals surface area contributed by atoms with Gasteiger partial charge >= 0.3 is 0 Å². The number of para-hydroxylation sites is 2. The van der Waals surface area contributed by atoms with Crippen molar-refractivity contribution in [2.75, 3.05) is 11.1 Å². The lowest BCUT2D eigenvalue weighted by Crippen LogP contribution is -2.15. The van der Waals surface area contributed by atoms with Crippen LogP contribution in [0, 0.1) is 10.1 Å². The quantitative estimate of drug-likeness (QED) is 0.480. The number of anilines is 1. The fourth-order valence-corrected chi connectivity index (χ4v) is 2.52. The number of carbonyl (C=O) groups is 1. The average Bonchev–Trinajstić information content (AvgIpc) is 3.24. The van der Waals surface area contributed by atoms with Gasteiger partial charge < -0.3 is 5.32 Å². The smallest absolute Gasteiger partial charge is 0.292 e. The van der Waals surface area contributed by atoms with E-state index in [-0.39, 0.29) is 23.0 Å². The number of hydrogen-bond acceptors (Lipinski definition) is 6. The van der Waals surface area contributed by atoms with Gasteiger partial charge in [0.05, 0.1) is 10.7 Å². The van der Waals surface area contributed by atoms with Crippen molar-refractivity contribution in [3.63, 3.8) is 0 Å². The minimum Gasteiger partial charge on any atom is -0.320 e. The van der Waals surface area contributed by atoms with E-state index in [4.69, 9.17) is 0 Å². The summed E-state index contributed by atoms with van der Waals surface area (Å²) < 4.78 is 0. The first kappa shape index (κ1) is 14.5. The Morgan fingerprint density at radius 1 is 1.45 bits per heavy atom. The van der Waals surface area contributed by atoms with Gasteiger partial charge in [0, 0.05) is 12.0 Å². The summed E-state index contributed by atoms with van der Waals surface area (Å²) in [6, 6.07) is 6.03. The fraction of sp³-hybridized carbons (Fsp3) is 0.308. The summed E-state index contributed by atoms with van der Waals surface area (Å²) in [6.45, 7) is 0. The van der Waals surface area contributed by atoms with E-state index in [9.17, 15) is 14.9 Å². The highest BCUT2D eigenvalue weighted by Crippen LogP contribution is 2.38. The Labute approximate surface area is 129 Å². The van der Waals surface area contributed by atoms with Crippen LogP contribution in [0.15, 0.2) is 29.4 Å². The van der Waals surface area contributed by atoms with Crippen LogP contribution in [-0.2, 0) is 4.79 Å². The molecular weight excluding hydrogens is 306 g/mol. The SMILES string of the molecule is O=C(CSc1n[nH]c(C2CC2)n1)Nc1ccccc1[N+](=O)[O-]. The van der Waals surface area contributed by atoms with E-state index in [2.05, 4.69) is 20.5 Å². The number of nitrogens with zero attached hydrogens (tertiary/aromatic N) is 3. The predicted octanol–water partition coefficient (Wildman–Crippen LogP) is 2.32. The molecule has 0 spiro atoms. The number of H-pyrrole nitrogens is 1. The molecule has 0 atom stereocenters. The first-order chi connectivity index (χ1) is 10.6. The third-order valence-electron chi connectivity index (χ3n) is 3.15. The van der Waals surface area contributed by atoms with Gasteiger partial charge in [-0.05, 0) is 18.9 Å². The third-order valence-corrected chi connectivity index (χ3v) is 4.00. The maximum absolute atomic E-state index is 11.9. The Balaban J connectivity index is 1.57. The van der Waals surface area contributed by atoms with E-state index in [1.807, 2.05) is 0 Å². The molecule has 1 fully saturated rings. The molecule has 0 radical (unpaired) electrons. The zero-order chi connectivity index (χ0) is 15.5. The molecule has 1 aromatic carbocycles. The number of amides is 1. The average molecular weight is 319 g/mol. The van der Waals surface area contributed by atoms with Gasteiger partial charge in [0.2, 0.25) is 11.1 Å². The van der Waals surface area contributed by atoms with Crippen molar-refractivity contribution < 1.29 is 9.72 Å². The minimum absolute atomic E-state index is 0.0913. The number of aromatic nitrogens is 3. The molecule has 1 saturated carbocycles. The summed E-state index contributed by atoms with van der Waals surface area (Å²) in [7, 11) is 0. The number of hydrogen-bond donors (Lipinski definition) is 2. The molecule has 1 aromatic heterocycles. The molecule has 2 aromatic rings. The minimum atomic E-state index is -0.528. The van der Waals surface area contributed by atoms with Crippen LogP contribution in [0.1, 0.15) is 24.6 Å². The van der Waals surface area contributed by atoms with E-state index in [0.29, 0.717) is 11.1 Å². The molecule has 0 saturated heterocycles. The van der Waals surface area contributed by atoms with Crippen LogP contribution in [0.25, 0.3) is 0 Å². The van der Waals surface area contributed by atoms with E-state index < -0.39 is 4.92 Å². The van der Waals surface area contributed by atoms with E-state index >= 15 is 0 Å². The summed E-state index contributed by atoms with van der Waals surface area (Å²) in [5.74, 6) is 1.09. The summed E-state index contributed by atoms with van der Waals surface area (Å²) in [5, 5.41) is 20.8. The first-order valence-corrected chi connectivity index (χ1v) is 7.70. The third kappa shape index (κ3) is 3.42. The molecule has 0 unspecified atom stereocenters. The summed E-state index contributed by atoms with van der Waals surface area (Å²) in [6.07, 6.45) is 2.24. The number of nitro groups is 1. The van der Waals surface area contributed by atoms with Crippen molar-refractivity contribution in [3.8, 4) is 0 Å². The number of nitrogens with one attached hydrogen (secondary N) is 2. The molecule has 22 heavy (non-hydrogen) atoms. The van der Waals surface area contributed by atoms with Gasteiger partial charge in [-0.2, -0.15) is 0 Å². The number of benzene rings is 1. The lowest BCUT2D eigenvalue weighted by Gasteiger charge is -2.04. The molecule has 114 valence electrons. The molecule has 8 nitrogen and oxygen atoms in total. The van der Waals surface area contributed by atoms with Crippen molar-refractivity contribution in [3.05, 3.63) is 40.2 Å². The molecule has 9 heteroatoms. The van der Waals surface area contributed by atoms with Gasteiger partial charge in [0.15, 0.2) is 0 Å². The van der Waals surface area contributed by atoms with E-state index in [1.54, 1.807) is 12.1 Å². The molecule has 1 amide bonds. The number of nitro benzene ring substituents is 1. The molecule has 0 bridgehead atoms. The van der Waals surface area contributed by atoms with Crippen molar-refractivity contribution in [1.82, 2.24) is 15.2 Å². The molecule has 1 aliphatic carbocycles. The molecule has 3 rings (SSSR count). The number of thioether (sulfide) groups is 1. The van der Waals surface area contributed by atoms with Crippen molar-refractivity contribution >= 4 is 29.0 Å². The van der Waals surface area contributed by atoms with Gasteiger partial charge in [0.1, 0.15) is 11.5 Å². The lowest BCUT2D eigenvalue weighted by atomic mass is 10.2. The topological polar surface area (TPSA) is 114 Å². The highest BCUT2D eigenvalue weighted by Gasteiger charge is 2.27. The number of rotatable bonds is 6. The molecule has 2 N–H and O–H groups in total. The molecule has 1 heterocycles. The van der Waals surface area contributed by atoms with Crippen LogP contribution in [0.4, 0.5) is 11.4 Å². The maximum Gasteiger partial charge on any atom is 0.292 e. The van der Waals surface area contributed by atoms with Crippen molar-refractivity contribution in [1.29, 1.82) is 0 Å². The van der Waals surface area contributed by atoms with Crippen LogP contribution < -0.4 is 5.32 Å². The highest BCUT2D eigenvalue weighted by molar-refractivity contribution is 7.99. The normalized spacial score (nSPS) is 13.8. The van der Waals surface area contributed by atoms with E-state index in [0.717, 1.165) is 18.7 Å². The summed E-state index contributed by atoms with van der Waals surface area (Å²) in [4.78, 5) is 26.6. The van der Waals surface area contributed by atoms with Crippen LogP contribution in [0.2, 0.25) is 0 Å². The number of aromatic amines is 1. The molecule has 0 aliphatic heterocycles. The van der Waals surface area contributed by atoms with Crippen LogP contribution in [0.5, 0.6) is 0 Å². The Bertz CT molecular complexity index is 713. The second kappa shape index (κ2) is 6.14. The first-order valence-electron chi connectivity index (χ1n) is 6.72. The second-order valence-electron chi connectivity index (χ2n) is 4.89. The predicted molar refractivity (Wildman–Crippen MR) is 80.8 cm³/mol. The molecular formula is C13H13N5O3S. The monoisotopic (exact) mass is 319 g/mol. The fourth-order valence-electron chi connectivity index (χ4n) is 1.92. The van der Waals surface area contributed by atoms with Gasteiger partial charge in [-0.1, -0.05) is 23.9 Å².